The molecule has 0 aromatic rings. The fourth-order valence-corrected chi connectivity index (χ4v) is 0. The van der Waals surface area contributed by atoms with Crippen molar-refractivity contribution < 1.29 is 15.0 Å². The summed E-state index contributed by atoms with van der Waals surface area (Å²) < 4.78 is 0. The number of carboxylic acids is 1. The van der Waals surface area contributed by atoms with Crippen LogP contribution in [0.4, 0.5) is 0 Å². The Morgan fingerprint density at radius 1 is 1.62 bits per heavy atom. The number of carboxylic acid groups (broad SMARTS) is 1. The van der Waals surface area contributed by atoms with E-state index in [0.717, 1.165) is 0 Å². The van der Waals surface area contributed by atoms with E-state index in [-0.39, 0.29) is 32.4 Å². The fourth-order valence-electron chi connectivity index (χ4n) is 0. The van der Waals surface area contributed by atoms with Crippen molar-refractivity contribution in [3.63, 3.8) is 0 Å². The molecule has 0 saturated heterocycles. The summed E-state index contributed by atoms with van der Waals surface area (Å²) in [4.78, 5) is 9.45. The van der Waals surface area contributed by atoms with Gasteiger partial charge in [0.25, 0.3) is 0 Å². The second kappa shape index (κ2) is 7.27. The zero-order valence-corrected chi connectivity index (χ0v) is 10.3. The van der Waals surface area contributed by atoms with Crippen molar-refractivity contribution in [3.8, 4) is 0 Å². The van der Waals surface area contributed by atoms with E-state index >= 15 is 0 Å². The topological polar surface area (TPSA) is 92.5 Å². The van der Waals surface area contributed by atoms with Crippen molar-refractivity contribution in [1.82, 2.24) is 6.15 Å². The molecule has 0 aliphatic heterocycles. The Morgan fingerprint density at radius 2 is 1.75 bits per heavy atom. The van der Waals surface area contributed by atoms with Crippen molar-refractivity contribution in [2.75, 3.05) is 0 Å². The quantitative estimate of drug-likeness (QED) is 0.509. The molecule has 5 heteroatoms. The molecule has 0 bridgehead atoms. The summed E-state index contributed by atoms with van der Waals surface area (Å²) in [5.41, 5.74) is 0. The van der Waals surface area contributed by atoms with Crippen molar-refractivity contribution in [2.45, 2.75) is 13.0 Å². The first-order chi connectivity index (χ1) is 2.64. The number of hydrogen-bond donors (Lipinski definition) is 3. The van der Waals surface area contributed by atoms with Gasteiger partial charge in [0.2, 0.25) is 0 Å². The molecule has 0 amide bonds. The van der Waals surface area contributed by atoms with E-state index in [1.165, 1.54) is 6.92 Å². The van der Waals surface area contributed by atoms with Crippen LogP contribution in [-0.4, -0.2) is 48.5 Å². The molecule has 1 unspecified atom stereocenters. The summed E-state index contributed by atoms with van der Waals surface area (Å²) in [5.74, 6) is -1.19. The molecule has 0 rings (SSSR count). The molecule has 0 aliphatic carbocycles. The predicted molar refractivity (Wildman–Crippen MR) is 34.3 cm³/mol. The van der Waals surface area contributed by atoms with Crippen LogP contribution in [-0.2, 0) is 4.79 Å². The van der Waals surface area contributed by atoms with Crippen LogP contribution in [0.1, 0.15) is 6.92 Å². The van der Waals surface area contributed by atoms with Crippen LogP contribution >= 0.6 is 0 Å². The monoisotopic (exact) mass is 319 g/mol. The van der Waals surface area contributed by atoms with E-state index in [2.05, 4.69) is 0 Å². The van der Waals surface area contributed by atoms with E-state index < -0.39 is 12.1 Å². The SMILES string of the molecule is CC(O)C(=O)O.N.[BiH3]. The first-order valence-corrected chi connectivity index (χ1v) is 1.55. The molecule has 0 fully saturated rings. The number of hydrogen-bond acceptors (Lipinski definition) is 3. The molecular formula is C3H12BiNO3. The minimum atomic E-state index is -1.23. The van der Waals surface area contributed by atoms with Gasteiger partial charge in [-0.3, -0.25) is 0 Å². The summed E-state index contributed by atoms with van der Waals surface area (Å²) in [6, 6.07) is 0. The third kappa shape index (κ3) is 9.55. The fraction of sp³-hybridized carbons (Fsp3) is 0.667. The van der Waals surface area contributed by atoms with Gasteiger partial charge in [0, 0.05) is 0 Å². The van der Waals surface area contributed by atoms with Gasteiger partial charge in [0.05, 0.1) is 0 Å². The Labute approximate surface area is 66.6 Å². The number of aliphatic hydroxyl groups excluding tert-OH is 1. The van der Waals surface area contributed by atoms with Gasteiger partial charge in [-0.15, -0.1) is 0 Å². The number of carbonyl (C=O) groups is 1. The van der Waals surface area contributed by atoms with Crippen LogP contribution in [0, 0.1) is 0 Å². The summed E-state index contributed by atoms with van der Waals surface area (Å²) in [5, 5.41) is 15.8. The van der Waals surface area contributed by atoms with Gasteiger partial charge in [0.1, 0.15) is 6.10 Å². The van der Waals surface area contributed by atoms with Crippen LogP contribution in [0.25, 0.3) is 0 Å². The Bertz CT molecular complexity index is 65.5. The summed E-state index contributed by atoms with van der Waals surface area (Å²) in [6.45, 7) is 1.20. The Hall–Kier alpha value is 0.273. The molecule has 0 aliphatic rings. The molecule has 0 aromatic carbocycles. The van der Waals surface area contributed by atoms with Crippen molar-refractivity contribution in [3.05, 3.63) is 0 Å². The van der Waals surface area contributed by atoms with E-state index in [0.29, 0.717) is 0 Å². The molecule has 0 saturated carbocycles. The molecule has 52 valence electrons. The summed E-state index contributed by atoms with van der Waals surface area (Å²) in [6.07, 6.45) is -1.23. The molecule has 1 atom stereocenters. The second-order valence-electron chi connectivity index (χ2n) is 1.01. The van der Waals surface area contributed by atoms with Gasteiger partial charge >= 0.3 is 32.2 Å². The van der Waals surface area contributed by atoms with E-state index in [1.54, 1.807) is 0 Å². The number of rotatable bonds is 1. The van der Waals surface area contributed by atoms with Gasteiger partial charge in [-0.1, -0.05) is 0 Å². The van der Waals surface area contributed by atoms with Crippen LogP contribution in [0.2, 0.25) is 0 Å². The first kappa shape index (κ1) is 15.7. The first-order valence-electron chi connectivity index (χ1n) is 1.55. The zero-order valence-electron chi connectivity index (χ0n) is 4.79. The van der Waals surface area contributed by atoms with E-state index in [1.807, 2.05) is 0 Å². The average Bonchev–Trinajstić information content (AvgIpc) is 1.36. The maximum absolute atomic E-state index is 9.45. The third-order valence-corrected chi connectivity index (χ3v) is 0.357. The van der Waals surface area contributed by atoms with E-state index in [4.69, 9.17) is 10.2 Å². The van der Waals surface area contributed by atoms with Gasteiger partial charge in [0.15, 0.2) is 0 Å². The number of aliphatic hydroxyl groups is 1. The molecule has 0 spiro atoms. The van der Waals surface area contributed by atoms with Crippen LogP contribution in [0.15, 0.2) is 0 Å². The third-order valence-electron chi connectivity index (χ3n) is 0.357. The molecular weight excluding hydrogens is 307 g/mol. The van der Waals surface area contributed by atoms with Crippen LogP contribution in [0.3, 0.4) is 0 Å². The minimum absolute atomic E-state index is 0. The summed E-state index contributed by atoms with van der Waals surface area (Å²) in [7, 11) is 0. The Balaban J connectivity index is -0.000000125. The number of aliphatic carboxylic acids is 1. The normalized spacial score (nSPS) is 10.2. The molecule has 4 nitrogen and oxygen atoms in total. The van der Waals surface area contributed by atoms with Gasteiger partial charge in [-0.05, 0) is 6.92 Å². The Morgan fingerprint density at radius 3 is 1.75 bits per heavy atom. The average molecular weight is 319 g/mol. The van der Waals surface area contributed by atoms with E-state index in [9.17, 15) is 4.79 Å². The molecule has 5 N–H and O–H groups in total. The Kier molecular flexibility index (Phi) is 14.3. The van der Waals surface area contributed by atoms with Crippen molar-refractivity contribution in [2.24, 2.45) is 0 Å². The molecule has 0 heterocycles. The van der Waals surface area contributed by atoms with Gasteiger partial charge < -0.3 is 16.4 Å². The maximum atomic E-state index is 9.45. The van der Waals surface area contributed by atoms with Crippen LogP contribution in [0.5, 0.6) is 0 Å². The molecule has 8 heavy (non-hydrogen) atoms. The molecule has 0 radical (unpaired) electrons. The van der Waals surface area contributed by atoms with Gasteiger partial charge in [-0.2, -0.15) is 0 Å². The second-order valence-corrected chi connectivity index (χ2v) is 1.01. The zero-order chi connectivity index (χ0) is 5.15. The predicted octanol–water partition coefficient (Wildman–Crippen LogP) is -1.57. The molecule has 0 aromatic heterocycles. The van der Waals surface area contributed by atoms with Crippen LogP contribution < -0.4 is 6.15 Å². The standard InChI is InChI=1S/C3H6O3.Bi.H3N.3H/c1-2(4)3(5)6;;;;;/h2,4H,1H3,(H,5,6);;1H3;;;. The van der Waals surface area contributed by atoms with Crippen molar-refractivity contribution >= 4 is 32.2 Å². The van der Waals surface area contributed by atoms with Gasteiger partial charge in [-0.25, -0.2) is 4.79 Å². The van der Waals surface area contributed by atoms with Crippen molar-refractivity contribution in [1.29, 1.82) is 0 Å². The summed E-state index contributed by atoms with van der Waals surface area (Å²) >= 11 is 0.